The van der Waals surface area contributed by atoms with Crippen molar-refractivity contribution in [2.75, 3.05) is 0 Å². The van der Waals surface area contributed by atoms with Crippen molar-refractivity contribution in [2.24, 2.45) is 11.8 Å². The Labute approximate surface area is 67.6 Å². The maximum absolute atomic E-state index is 10.3. The molecular formula is C9H15O2-. The second kappa shape index (κ2) is 3.74. The van der Waals surface area contributed by atoms with Crippen LogP contribution in [0.5, 0.6) is 0 Å². The van der Waals surface area contributed by atoms with Gasteiger partial charge in [0.2, 0.25) is 0 Å². The normalized spacial score (nSPS) is 31.7. The van der Waals surface area contributed by atoms with Gasteiger partial charge in [-0.1, -0.05) is 26.2 Å². The molecular weight excluding hydrogens is 140 g/mol. The summed E-state index contributed by atoms with van der Waals surface area (Å²) >= 11 is 0. The zero-order valence-electron chi connectivity index (χ0n) is 7.01. The van der Waals surface area contributed by atoms with Crippen LogP contribution in [0.3, 0.4) is 0 Å². The van der Waals surface area contributed by atoms with Crippen LogP contribution in [-0.2, 0) is 4.79 Å². The third kappa shape index (κ3) is 2.52. The molecule has 2 unspecified atom stereocenters. The molecule has 64 valence electrons. The van der Waals surface area contributed by atoms with Gasteiger partial charge in [0.1, 0.15) is 0 Å². The molecule has 1 aliphatic rings. The Kier molecular flexibility index (Phi) is 2.92. The predicted molar refractivity (Wildman–Crippen MR) is 40.7 cm³/mol. The summed E-state index contributed by atoms with van der Waals surface area (Å²) < 4.78 is 0. The lowest BCUT2D eigenvalue weighted by molar-refractivity contribution is -0.307. The van der Waals surface area contributed by atoms with Crippen LogP contribution in [0.4, 0.5) is 0 Å². The first-order valence-electron chi connectivity index (χ1n) is 4.40. The molecule has 2 atom stereocenters. The van der Waals surface area contributed by atoms with Crippen LogP contribution in [0.25, 0.3) is 0 Å². The highest BCUT2D eigenvalue weighted by Gasteiger charge is 2.20. The summed E-state index contributed by atoms with van der Waals surface area (Å²) in [5.41, 5.74) is 0. The number of hydrogen-bond acceptors (Lipinski definition) is 2. The van der Waals surface area contributed by atoms with Crippen molar-refractivity contribution in [2.45, 2.75) is 39.0 Å². The second-order valence-electron chi connectivity index (χ2n) is 3.60. The van der Waals surface area contributed by atoms with E-state index < -0.39 is 5.97 Å². The van der Waals surface area contributed by atoms with Crippen LogP contribution in [-0.4, -0.2) is 5.97 Å². The molecule has 0 N–H and O–H groups in total. The van der Waals surface area contributed by atoms with Gasteiger partial charge >= 0.3 is 0 Å². The summed E-state index contributed by atoms with van der Waals surface area (Å²) in [5.74, 6) is 0.0825. The molecule has 0 aromatic rings. The molecule has 0 bridgehead atoms. The fourth-order valence-electron chi connectivity index (χ4n) is 1.91. The quantitative estimate of drug-likeness (QED) is 0.595. The van der Waals surface area contributed by atoms with E-state index in [1.54, 1.807) is 0 Å². The molecule has 0 aromatic carbocycles. The number of rotatable bonds is 2. The molecule has 1 aliphatic carbocycles. The maximum Gasteiger partial charge on any atom is 0.0417 e. The highest BCUT2D eigenvalue weighted by Crippen LogP contribution is 2.31. The van der Waals surface area contributed by atoms with Crippen LogP contribution < -0.4 is 5.11 Å². The van der Waals surface area contributed by atoms with E-state index in [1.165, 1.54) is 19.3 Å². The molecule has 1 rings (SSSR count). The standard InChI is InChI=1S/C9H16O2/c1-7-4-2-3-5-8(7)6-9(10)11/h7-8H,2-6H2,1H3,(H,10,11)/p-1. The van der Waals surface area contributed by atoms with Crippen LogP contribution in [0.2, 0.25) is 0 Å². The molecule has 0 radical (unpaired) electrons. The van der Waals surface area contributed by atoms with Gasteiger partial charge in [0, 0.05) is 5.97 Å². The van der Waals surface area contributed by atoms with E-state index in [2.05, 4.69) is 6.92 Å². The van der Waals surface area contributed by atoms with Crippen LogP contribution in [0, 0.1) is 11.8 Å². The lowest BCUT2D eigenvalue weighted by atomic mass is 9.79. The van der Waals surface area contributed by atoms with E-state index in [4.69, 9.17) is 0 Å². The molecule has 1 saturated carbocycles. The maximum atomic E-state index is 10.3. The number of carboxylic acids is 1. The van der Waals surface area contributed by atoms with Crippen LogP contribution in [0.15, 0.2) is 0 Å². The monoisotopic (exact) mass is 155 g/mol. The van der Waals surface area contributed by atoms with Gasteiger partial charge < -0.3 is 9.90 Å². The lowest BCUT2D eigenvalue weighted by Gasteiger charge is -2.28. The van der Waals surface area contributed by atoms with Crippen molar-refractivity contribution >= 4 is 5.97 Å². The molecule has 0 spiro atoms. The smallest absolute Gasteiger partial charge is 0.0417 e. The van der Waals surface area contributed by atoms with Crippen molar-refractivity contribution in [1.82, 2.24) is 0 Å². The summed E-state index contributed by atoms with van der Waals surface area (Å²) in [4.78, 5) is 10.3. The molecule has 0 amide bonds. The third-order valence-corrected chi connectivity index (χ3v) is 2.72. The van der Waals surface area contributed by atoms with Gasteiger partial charge in [-0.25, -0.2) is 0 Å². The van der Waals surface area contributed by atoms with Gasteiger partial charge in [-0.15, -0.1) is 0 Å². The van der Waals surface area contributed by atoms with Gasteiger partial charge in [0.15, 0.2) is 0 Å². The lowest BCUT2D eigenvalue weighted by Crippen LogP contribution is -2.28. The second-order valence-corrected chi connectivity index (χ2v) is 3.60. The SMILES string of the molecule is CC1CCCCC1CC(=O)[O-]. The first-order valence-corrected chi connectivity index (χ1v) is 4.40. The minimum absolute atomic E-state index is 0.265. The third-order valence-electron chi connectivity index (χ3n) is 2.72. The number of aliphatic carboxylic acids is 1. The van der Waals surface area contributed by atoms with E-state index in [0.29, 0.717) is 11.8 Å². The fraction of sp³-hybridized carbons (Fsp3) is 0.889. The number of carboxylic acid groups (broad SMARTS) is 1. The van der Waals surface area contributed by atoms with Crippen molar-refractivity contribution in [3.63, 3.8) is 0 Å². The highest BCUT2D eigenvalue weighted by molar-refractivity contribution is 5.64. The fourth-order valence-corrected chi connectivity index (χ4v) is 1.91. The molecule has 0 aliphatic heterocycles. The topological polar surface area (TPSA) is 40.1 Å². The number of carbonyl (C=O) groups is 1. The predicted octanol–water partition coefficient (Wildman–Crippen LogP) is 0.953. The largest absolute Gasteiger partial charge is 0.550 e. The van der Waals surface area contributed by atoms with Gasteiger partial charge in [-0.3, -0.25) is 0 Å². The zero-order chi connectivity index (χ0) is 8.27. The van der Waals surface area contributed by atoms with Gasteiger partial charge in [-0.2, -0.15) is 0 Å². The number of carbonyl (C=O) groups excluding carboxylic acids is 1. The average molecular weight is 155 g/mol. The van der Waals surface area contributed by atoms with Gasteiger partial charge in [-0.05, 0) is 24.7 Å². The molecule has 2 nitrogen and oxygen atoms in total. The summed E-state index contributed by atoms with van der Waals surface area (Å²) in [6, 6.07) is 0. The van der Waals surface area contributed by atoms with Gasteiger partial charge in [0.05, 0.1) is 0 Å². The first-order chi connectivity index (χ1) is 5.20. The Morgan fingerprint density at radius 3 is 2.64 bits per heavy atom. The van der Waals surface area contributed by atoms with Crippen molar-refractivity contribution in [1.29, 1.82) is 0 Å². The van der Waals surface area contributed by atoms with Crippen molar-refractivity contribution in [3.05, 3.63) is 0 Å². The Hall–Kier alpha value is -0.530. The average Bonchev–Trinajstić information content (AvgIpc) is 1.93. The van der Waals surface area contributed by atoms with Gasteiger partial charge in [0.25, 0.3) is 0 Å². The van der Waals surface area contributed by atoms with E-state index >= 15 is 0 Å². The van der Waals surface area contributed by atoms with E-state index in [0.717, 1.165) is 6.42 Å². The van der Waals surface area contributed by atoms with E-state index in [9.17, 15) is 9.90 Å². The highest BCUT2D eigenvalue weighted by atomic mass is 16.4. The molecule has 0 heterocycles. The summed E-state index contributed by atoms with van der Waals surface area (Å²) in [7, 11) is 0. The minimum Gasteiger partial charge on any atom is -0.550 e. The molecule has 1 fully saturated rings. The Morgan fingerprint density at radius 2 is 2.09 bits per heavy atom. The Morgan fingerprint density at radius 1 is 1.45 bits per heavy atom. The molecule has 11 heavy (non-hydrogen) atoms. The van der Waals surface area contributed by atoms with E-state index in [1.807, 2.05) is 0 Å². The minimum atomic E-state index is -0.885. The Balaban J connectivity index is 2.35. The molecule has 0 aromatic heterocycles. The van der Waals surface area contributed by atoms with Crippen molar-refractivity contribution < 1.29 is 9.90 Å². The summed E-state index contributed by atoms with van der Waals surface area (Å²) in [6.07, 6.45) is 5.00. The zero-order valence-corrected chi connectivity index (χ0v) is 7.01. The van der Waals surface area contributed by atoms with Crippen LogP contribution >= 0.6 is 0 Å². The van der Waals surface area contributed by atoms with Crippen molar-refractivity contribution in [3.8, 4) is 0 Å². The molecule has 0 saturated heterocycles. The molecule has 2 heteroatoms. The number of hydrogen-bond donors (Lipinski definition) is 0. The summed E-state index contributed by atoms with van der Waals surface area (Å²) in [6.45, 7) is 2.15. The first kappa shape index (κ1) is 8.57. The Bertz CT molecular complexity index is 142. The van der Waals surface area contributed by atoms with E-state index in [-0.39, 0.29) is 6.42 Å². The summed E-state index contributed by atoms with van der Waals surface area (Å²) in [5, 5.41) is 10.3. The van der Waals surface area contributed by atoms with Crippen LogP contribution in [0.1, 0.15) is 39.0 Å².